The van der Waals surface area contributed by atoms with Crippen molar-refractivity contribution in [3.8, 4) is 5.75 Å². The lowest BCUT2D eigenvalue weighted by Crippen LogP contribution is -2.17. The molecule has 0 radical (unpaired) electrons. The molecule has 1 saturated carbocycles. The largest absolute Gasteiger partial charge is 0.489 e. The summed E-state index contributed by atoms with van der Waals surface area (Å²) in [5, 5.41) is 0. The number of ether oxygens (including phenoxy) is 1. The van der Waals surface area contributed by atoms with Crippen molar-refractivity contribution in [2.45, 2.75) is 51.2 Å². The molecule has 1 fully saturated rings. The van der Waals surface area contributed by atoms with Crippen LogP contribution in [0.25, 0.3) is 0 Å². The molecule has 0 unspecified atom stereocenters. The lowest BCUT2D eigenvalue weighted by Gasteiger charge is -2.20. The molecule has 1 aromatic carbocycles. The fourth-order valence-electron chi connectivity index (χ4n) is 2.37. The molecular formula is C14H20BrNO. The Morgan fingerprint density at radius 3 is 2.53 bits per heavy atom. The molecule has 2 N–H and O–H groups in total. The molecule has 2 nitrogen and oxygen atoms in total. The highest BCUT2D eigenvalue weighted by Gasteiger charge is 2.16. The monoisotopic (exact) mass is 297 g/mol. The first kappa shape index (κ1) is 12.9. The molecule has 1 aromatic rings. The average molecular weight is 298 g/mol. The molecular weight excluding hydrogens is 278 g/mol. The summed E-state index contributed by atoms with van der Waals surface area (Å²) in [4.78, 5) is 0. The average Bonchev–Trinajstić information content (AvgIpc) is 2.60. The van der Waals surface area contributed by atoms with Gasteiger partial charge in [0.2, 0.25) is 0 Å². The van der Waals surface area contributed by atoms with Crippen LogP contribution in [0.5, 0.6) is 5.75 Å². The number of rotatable bonds is 3. The van der Waals surface area contributed by atoms with E-state index in [9.17, 15) is 0 Å². The second kappa shape index (κ2) is 6.41. The molecule has 0 heterocycles. The van der Waals surface area contributed by atoms with Gasteiger partial charge in [0.15, 0.2) is 0 Å². The van der Waals surface area contributed by atoms with Crippen molar-refractivity contribution in [3.63, 3.8) is 0 Å². The Morgan fingerprint density at radius 2 is 1.88 bits per heavy atom. The van der Waals surface area contributed by atoms with E-state index in [1.807, 2.05) is 18.2 Å². The molecule has 0 amide bonds. The van der Waals surface area contributed by atoms with E-state index in [0.29, 0.717) is 12.6 Å². The second-order valence-corrected chi connectivity index (χ2v) is 5.52. The number of hydrogen-bond donors (Lipinski definition) is 1. The summed E-state index contributed by atoms with van der Waals surface area (Å²) >= 11 is 3.55. The maximum absolute atomic E-state index is 6.16. The highest BCUT2D eigenvalue weighted by molar-refractivity contribution is 9.10. The van der Waals surface area contributed by atoms with Gasteiger partial charge in [0.25, 0.3) is 0 Å². The molecule has 0 saturated heterocycles. The van der Waals surface area contributed by atoms with Crippen molar-refractivity contribution >= 4 is 15.9 Å². The smallest absolute Gasteiger partial charge is 0.138 e. The molecule has 0 aromatic heterocycles. The number of hydrogen-bond acceptors (Lipinski definition) is 2. The minimum absolute atomic E-state index is 0.362. The number of benzene rings is 1. The number of nitrogens with two attached hydrogens (primary N) is 1. The Hall–Kier alpha value is -0.540. The SMILES string of the molecule is NCc1cccc(Br)c1OC1CCCCCC1. The van der Waals surface area contributed by atoms with Crippen molar-refractivity contribution in [3.05, 3.63) is 28.2 Å². The van der Waals surface area contributed by atoms with E-state index in [4.69, 9.17) is 10.5 Å². The van der Waals surface area contributed by atoms with E-state index >= 15 is 0 Å². The van der Waals surface area contributed by atoms with Gasteiger partial charge in [-0.15, -0.1) is 0 Å². The molecule has 1 aliphatic rings. The van der Waals surface area contributed by atoms with Crippen molar-refractivity contribution in [2.24, 2.45) is 5.73 Å². The Kier molecular flexibility index (Phi) is 4.86. The van der Waals surface area contributed by atoms with E-state index in [0.717, 1.165) is 15.8 Å². The van der Waals surface area contributed by atoms with Gasteiger partial charge in [-0.2, -0.15) is 0 Å². The van der Waals surface area contributed by atoms with Crippen molar-refractivity contribution < 1.29 is 4.74 Å². The fourth-order valence-corrected chi connectivity index (χ4v) is 2.87. The van der Waals surface area contributed by atoms with Gasteiger partial charge in [-0.3, -0.25) is 0 Å². The summed E-state index contributed by atoms with van der Waals surface area (Å²) in [6.07, 6.45) is 7.97. The number of halogens is 1. The van der Waals surface area contributed by atoms with Crippen LogP contribution >= 0.6 is 15.9 Å². The Labute approximate surface area is 112 Å². The van der Waals surface area contributed by atoms with Crippen LogP contribution in [0.15, 0.2) is 22.7 Å². The first-order valence-electron chi connectivity index (χ1n) is 6.45. The van der Waals surface area contributed by atoms with Gasteiger partial charge in [0.1, 0.15) is 5.75 Å². The quantitative estimate of drug-likeness (QED) is 0.856. The Balaban J connectivity index is 2.11. The molecule has 17 heavy (non-hydrogen) atoms. The summed E-state index contributed by atoms with van der Waals surface area (Å²) in [6, 6.07) is 6.06. The van der Waals surface area contributed by atoms with Crippen LogP contribution in [0.4, 0.5) is 0 Å². The Bertz CT molecular complexity index is 359. The van der Waals surface area contributed by atoms with Gasteiger partial charge >= 0.3 is 0 Å². The van der Waals surface area contributed by atoms with Crippen LogP contribution in [0.1, 0.15) is 44.1 Å². The zero-order chi connectivity index (χ0) is 12.1. The summed E-state index contributed by atoms with van der Waals surface area (Å²) in [7, 11) is 0. The first-order chi connectivity index (χ1) is 8.31. The molecule has 1 aliphatic carbocycles. The summed E-state index contributed by atoms with van der Waals surface area (Å²) < 4.78 is 7.18. The fraction of sp³-hybridized carbons (Fsp3) is 0.571. The van der Waals surface area contributed by atoms with Crippen molar-refractivity contribution in [1.82, 2.24) is 0 Å². The highest BCUT2D eigenvalue weighted by Crippen LogP contribution is 2.32. The predicted octanol–water partition coefficient (Wildman–Crippen LogP) is 4.01. The van der Waals surface area contributed by atoms with E-state index in [1.165, 1.54) is 38.5 Å². The third-order valence-corrected chi connectivity index (χ3v) is 3.98. The molecule has 0 aliphatic heterocycles. The normalized spacial score (nSPS) is 17.8. The van der Waals surface area contributed by atoms with Crippen LogP contribution in [-0.4, -0.2) is 6.10 Å². The topological polar surface area (TPSA) is 35.2 Å². The molecule has 0 atom stereocenters. The maximum Gasteiger partial charge on any atom is 0.138 e. The van der Waals surface area contributed by atoms with E-state index in [1.54, 1.807) is 0 Å². The van der Waals surface area contributed by atoms with Crippen molar-refractivity contribution in [1.29, 1.82) is 0 Å². The zero-order valence-corrected chi connectivity index (χ0v) is 11.7. The summed E-state index contributed by atoms with van der Waals surface area (Å²) in [6.45, 7) is 0.529. The summed E-state index contributed by atoms with van der Waals surface area (Å²) in [5.74, 6) is 0.946. The van der Waals surface area contributed by atoms with Gasteiger partial charge in [0, 0.05) is 12.1 Å². The van der Waals surface area contributed by atoms with Gasteiger partial charge in [0.05, 0.1) is 10.6 Å². The predicted molar refractivity (Wildman–Crippen MR) is 74.2 cm³/mol. The molecule has 0 spiro atoms. The van der Waals surface area contributed by atoms with Crippen LogP contribution < -0.4 is 10.5 Å². The van der Waals surface area contributed by atoms with Crippen LogP contribution in [0.2, 0.25) is 0 Å². The first-order valence-corrected chi connectivity index (χ1v) is 7.24. The lowest BCUT2D eigenvalue weighted by atomic mass is 10.1. The molecule has 0 bridgehead atoms. The van der Waals surface area contributed by atoms with Gasteiger partial charge in [-0.25, -0.2) is 0 Å². The summed E-state index contributed by atoms with van der Waals surface area (Å²) in [5.41, 5.74) is 6.84. The molecule has 3 heteroatoms. The number of para-hydroxylation sites is 1. The highest BCUT2D eigenvalue weighted by atomic mass is 79.9. The van der Waals surface area contributed by atoms with E-state index in [2.05, 4.69) is 15.9 Å². The lowest BCUT2D eigenvalue weighted by molar-refractivity contribution is 0.181. The van der Waals surface area contributed by atoms with Crippen LogP contribution in [0.3, 0.4) is 0 Å². The van der Waals surface area contributed by atoms with Gasteiger partial charge < -0.3 is 10.5 Å². The molecule has 94 valence electrons. The second-order valence-electron chi connectivity index (χ2n) is 4.66. The third kappa shape index (κ3) is 3.46. The molecule has 2 rings (SSSR count). The van der Waals surface area contributed by atoms with E-state index in [-0.39, 0.29) is 0 Å². The zero-order valence-electron chi connectivity index (χ0n) is 10.1. The van der Waals surface area contributed by atoms with Crippen LogP contribution in [0, 0.1) is 0 Å². The van der Waals surface area contributed by atoms with Gasteiger partial charge in [-0.05, 0) is 47.7 Å². The van der Waals surface area contributed by atoms with Gasteiger partial charge in [-0.1, -0.05) is 25.0 Å². The maximum atomic E-state index is 6.16. The van der Waals surface area contributed by atoms with Crippen molar-refractivity contribution in [2.75, 3.05) is 0 Å². The minimum Gasteiger partial charge on any atom is -0.489 e. The standard InChI is InChI=1S/C14H20BrNO/c15-13-9-5-6-11(10-16)14(13)17-12-7-3-1-2-4-8-12/h5-6,9,12H,1-4,7-8,10,16H2. The Morgan fingerprint density at radius 1 is 1.18 bits per heavy atom. The third-order valence-electron chi connectivity index (χ3n) is 3.36. The van der Waals surface area contributed by atoms with E-state index < -0.39 is 0 Å². The van der Waals surface area contributed by atoms with Crippen LogP contribution in [-0.2, 0) is 6.54 Å². The minimum atomic E-state index is 0.362.